The third kappa shape index (κ3) is 4.02. The Balaban J connectivity index is 1.64. The van der Waals surface area contributed by atoms with Crippen molar-refractivity contribution in [3.63, 3.8) is 0 Å². The Morgan fingerprint density at radius 3 is 2.79 bits per heavy atom. The zero-order valence-electron chi connectivity index (χ0n) is 14.7. The van der Waals surface area contributed by atoms with Crippen molar-refractivity contribution >= 4 is 62.0 Å². The molecule has 0 fully saturated rings. The van der Waals surface area contributed by atoms with Gasteiger partial charge in [-0.15, -0.1) is 0 Å². The number of fused-ring (bicyclic) bond motifs is 1. The molecule has 0 saturated carbocycles. The van der Waals surface area contributed by atoms with Gasteiger partial charge in [0.2, 0.25) is 0 Å². The molecule has 0 saturated heterocycles. The van der Waals surface area contributed by atoms with Crippen molar-refractivity contribution in [1.82, 2.24) is 9.97 Å². The molecule has 7 heteroatoms. The highest BCUT2D eigenvalue weighted by atomic mass is 79.9. The van der Waals surface area contributed by atoms with Crippen LogP contribution in [0.1, 0.15) is 17.1 Å². The number of hydrogen-bond acceptors (Lipinski definition) is 4. The van der Waals surface area contributed by atoms with E-state index in [1.165, 1.54) is 11.8 Å². The molecule has 2 heterocycles. The van der Waals surface area contributed by atoms with Crippen LogP contribution in [0.15, 0.2) is 67.4 Å². The van der Waals surface area contributed by atoms with Gasteiger partial charge in [-0.3, -0.25) is 0 Å². The van der Waals surface area contributed by atoms with Crippen LogP contribution >= 0.6 is 39.3 Å². The lowest BCUT2D eigenvalue weighted by atomic mass is 10.2. The molecule has 4 rings (SSSR count). The lowest BCUT2D eigenvalue weighted by Gasteiger charge is -1.98. The Bertz CT molecular complexity index is 1240. The molecule has 2 aromatic carbocycles. The van der Waals surface area contributed by atoms with Gasteiger partial charge < -0.3 is 9.40 Å². The maximum Gasteiger partial charge on any atom is 0.179 e. The molecule has 0 atom stereocenters. The fourth-order valence-electron chi connectivity index (χ4n) is 2.67. The van der Waals surface area contributed by atoms with Gasteiger partial charge in [-0.05, 0) is 70.9 Å². The van der Waals surface area contributed by atoms with Crippen LogP contribution in [0.3, 0.4) is 0 Å². The molecule has 0 aliphatic carbocycles. The van der Waals surface area contributed by atoms with Crippen molar-refractivity contribution in [2.45, 2.75) is 16.9 Å². The minimum Gasteiger partial charge on any atom is -0.449 e. The zero-order chi connectivity index (χ0) is 19.7. The standard InChI is InChI=1S/C21H13BrClN3OS/c1-12-2-7-18-19(8-12)26-20(25-18)13(11-24)9-15-10-17(22)21(27-15)28-16-5-3-14(23)4-6-16/h2-10H,1H3,(H,25,26). The maximum atomic E-state index is 9.61. The Morgan fingerprint density at radius 1 is 1.25 bits per heavy atom. The molecule has 1 N–H and O–H groups in total. The second-order valence-corrected chi connectivity index (χ2v) is 8.45. The first-order valence-electron chi connectivity index (χ1n) is 8.33. The SMILES string of the molecule is Cc1ccc2nc(C(C#N)=Cc3cc(Br)c(Sc4ccc(Cl)cc4)o3)[nH]c2c1. The maximum absolute atomic E-state index is 9.61. The Kier molecular flexibility index (Phi) is 5.31. The van der Waals surface area contributed by atoms with Crippen molar-refractivity contribution in [2.24, 2.45) is 0 Å². The average Bonchev–Trinajstić information content (AvgIpc) is 3.24. The number of nitrogens with zero attached hydrogens (tertiary/aromatic N) is 2. The number of benzene rings is 2. The smallest absolute Gasteiger partial charge is 0.179 e. The Hall–Kier alpha value is -2.46. The quantitative estimate of drug-likeness (QED) is 0.323. The van der Waals surface area contributed by atoms with Crippen molar-refractivity contribution < 1.29 is 4.42 Å². The van der Waals surface area contributed by atoms with E-state index in [-0.39, 0.29) is 0 Å². The Morgan fingerprint density at radius 2 is 2.04 bits per heavy atom. The monoisotopic (exact) mass is 469 g/mol. The summed E-state index contributed by atoms with van der Waals surface area (Å²) in [5.74, 6) is 1.08. The first-order valence-corrected chi connectivity index (χ1v) is 10.3. The molecule has 0 spiro atoms. The van der Waals surface area contributed by atoms with Crippen LogP contribution in [-0.4, -0.2) is 9.97 Å². The van der Waals surface area contributed by atoms with Crippen LogP contribution < -0.4 is 0 Å². The van der Waals surface area contributed by atoms with E-state index in [2.05, 4.69) is 32.0 Å². The number of nitrogens with one attached hydrogen (secondary N) is 1. The molecule has 0 unspecified atom stereocenters. The van der Waals surface area contributed by atoms with E-state index in [1.54, 1.807) is 6.08 Å². The summed E-state index contributed by atoms with van der Waals surface area (Å²) in [5, 5.41) is 11.0. The lowest BCUT2D eigenvalue weighted by Crippen LogP contribution is -1.84. The fraction of sp³-hybridized carbons (Fsp3) is 0.0476. The average molecular weight is 471 g/mol. The molecule has 0 radical (unpaired) electrons. The Labute approximate surface area is 179 Å². The number of rotatable bonds is 4. The van der Waals surface area contributed by atoms with Gasteiger partial charge in [0.1, 0.15) is 17.7 Å². The van der Waals surface area contributed by atoms with Crippen molar-refractivity contribution in [3.05, 3.63) is 75.2 Å². The third-order valence-electron chi connectivity index (χ3n) is 4.00. The van der Waals surface area contributed by atoms with Gasteiger partial charge in [0.05, 0.1) is 21.1 Å². The second-order valence-electron chi connectivity index (χ2n) is 6.12. The summed E-state index contributed by atoms with van der Waals surface area (Å²) < 4.78 is 6.73. The highest BCUT2D eigenvalue weighted by Gasteiger charge is 2.13. The van der Waals surface area contributed by atoms with E-state index in [0.29, 0.717) is 27.3 Å². The van der Waals surface area contributed by atoms with Gasteiger partial charge in [-0.25, -0.2) is 4.98 Å². The first kappa shape index (κ1) is 18.9. The molecule has 4 nitrogen and oxygen atoms in total. The summed E-state index contributed by atoms with van der Waals surface area (Å²) in [4.78, 5) is 8.71. The van der Waals surface area contributed by atoms with Crippen molar-refractivity contribution in [1.29, 1.82) is 5.26 Å². The highest BCUT2D eigenvalue weighted by molar-refractivity contribution is 9.10. The van der Waals surface area contributed by atoms with Gasteiger partial charge in [0, 0.05) is 16.0 Å². The number of H-pyrrole nitrogens is 1. The number of halogens is 2. The molecular formula is C21H13BrClN3OS. The topological polar surface area (TPSA) is 65.6 Å². The predicted octanol–water partition coefficient (Wildman–Crippen LogP) is 7.10. The van der Waals surface area contributed by atoms with Gasteiger partial charge in [-0.2, -0.15) is 5.26 Å². The molecule has 0 amide bonds. The summed E-state index contributed by atoms with van der Waals surface area (Å²) in [5.41, 5.74) is 3.25. The van der Waals surface area contributed by atoms with E-state index in [1.807, 2.05) is 55.5 Å². The highest BCUT2D eigenvalue weighted by Crippen LogP contribution is 2.37. The predicted molar refractivity (Wildman–Crippen MR) is 116 cm³/mol. The first-order chi connectivity index (χ1) is 13.5. The van der Waals surface area contributed by atoms with E-state index in [9.17, 15) is 5.26 Å². The minimum atomic E-state index is 0.401. The van der Waals surface area contributed by atoms with Gasteiger partial charge in [-0.1, -0.05) is 29.4 Å². The molecule has 138 valence electrons. The van der Waals surface area contributed by atoms with Gasteiger partial charge in [0.25, 0.3) is 0 Å². The minimum absolute atomic E-state index is 0.401. The lowest BCUT2D eigenvalue weighted by molar-refractivity contribution is 0.463. The summed E-state index contributed by atoms with van der Waals surface area (Å²) in [6.07, 6.45) is 1.68. The molecular weight excluding hydrogens is 458 g/mol. The molecule has 0 aliphatic heterocycles. The molecule has 4 aromatic rings. The molecule has 28 heavy (non-hydrogen) atoms. The summed E-state index contributed by atoms with van der Waals surface area (Å²) in [6.45, 7) is 2.02. The molecule has 2 aromatic heterocycles. The molecule has 0 bridgehead atoms. The molecule has 0 aliphatic rings. The van der Waals surface area contributed by atoms with E-state index in [0.717, 1.165) is 26.0 Å². The zero-order valence-corrected chi connectivity index (χ0v) is 17.8. The van der Waals surface area contributed by atoms with Crippen LogP contribution in [0, 0.1) is 18.3 Å². The number of aromatic nitrogens is 2. The van der Waals surface area contributed by atoms with Gasteiger partial charge >= 0.3 is 0 Å². The van der Waals surface area contributed by atoms with Crippen molar-refractivity contribution in [2.75, 3.05) is 0 Å². The van der Waals surface area contributed by atoms with Crippen LogP contribution in [0.2, 0.25) is 5.02 Å². The summed E-state index contributed by atoms with van der Waals surface area (Å²) in [7, 11) is 0. The number of aryl methyl sites for hydroxylation is 1. The van der Waals surface area contributed by atoms with E-state index in [4.69, 9.17) is 16.0 Å². The largest absolute Gasteiger partial charge is 0.449 e. The summed E-state index contributed by atoms with van der Waals surface area (Å²) >= 11 is 10.9. The number of imidazole rings is 1. The normalized spacial score (nSPS) is 11.7. The van der Waals surface area contributed by atoms with Crippen LogP contribution in [0.4, 0.5) is 0 Å². The number of allylic oxidation sites excluding steroid dienone is 1. The van der Waals surface area contributed by atoms with E-state index < -0.39 is 0 Å². The number of aromatic amines is 1. The number of furan rings is 1. The number of nitriles is 1. The third-order valence-corrected chi connectivity index (χ3v) is 6.10. The fourth-order valence-corrected chi connectivity index (χ4v) is 4.12. The van der Waals surface area contributed by atoms with Crippen LogP contribution in [0.25, 0.3) is 22.7 Å². The summed E-state index contributed by atoms with van der Waals surface area (Å²) in [6, 6.07) is 17.5. The van der Waals surface area contributed by atoms with Crippen LogP contribution in [-0.2, 0) is 0 Å². The second kappa shape index (κ2) is 7.88. The number of hydrogen-bond donors (Lipinski definition) is 1. The van der Waals surface area contributed by atoms with Crippen LogP contribution in [0.5, 0.6) is 0 Å². The van der Waals surface area contributed by atoms with Crippen molar-refractivity contribution in [3.8, 4) is 6.07 Å². The van der Waals surface area contributed by atoms with E-state index >= 15 is 0 Å². The van der Waals surface area contributed by atoms with Gasteiger partial charge in [0.15, 0.2) is 5.09 Å².